The second kappa shape index (κ2) is 6.35. The molecule has 0 saturated heterocycles. The predicted octanol–water partition coefficient (Wildman–Crippen LogP) is 2.87. The van der Waals surface area contributed by atoms with E-state index in [1.807, 2.05) is 32.9 Å². The third-order valence-electron chi connectivity index (χ3n) is 3.64. The first kappa shape index (κ1) is 15.6. The monoisotopic (exact) mass is 304 g/mol. The molecule has 0 spiro atoms. The summed E-state index contributed by atoms with van der Waals surface area (Å²) < 4.78 is 5.20. The number of hydrogen-bond donors (Lipinski definition) is 1. The van der Waals surface area contributed by atoms with Gasteiger partial charge in [0, 0.05) is 5.71 Å². The molecule has 1 N–H and O–H groups in total. The van der Waals surface area contributed by atoms with Crippen LogP contribution in [0.2, 0.25) is 0 Å². The van der Waals surface area contributed by atoms with E-state index in [1.165, 1.54) is 5.56 Å². The molecule has 0 bridgehead atoms. The molecule has 1 aromatic carbocycles. The maximum atomic E-state index is 12.3. The van der Waals surface area contributed by atoms with Crippen LogP contribution in [0.4, 0.5) is 0 Å². The van der Waals surface area contributed by atoms with E-state index >= 15 is 0 Å². The zero-order valence-electron chi connectivity index (χ0n) is 12.8. The average molecular weight is 304 g/mol. The van der Waals surface area contributed by atoms with Gasteiger partial charge in [-0.1, -0.05) is 23.8 Å². The number of esters is 1. The van der Waals surface area contributed by atoms with Crippen LogP contribution >= 0.6 is 12.2 Å². The number of rotatable bonds is 3. The average Bonchev–Trinajstić information content (AvgIpc) is 2.37. The van der Waals surface area contributed by atoms with E-state index in [4.69, 9.17) is 17.0 Å². The van der Waals surface area contributed by atoms with Gasteiger partial charge >= 0.3 is 5.97 Å². The number of aryl methyl sites for hydroxylation is 2. The largest absolute Gasteiger partial charge is 0.465 e. The van der Waals surface area contributed by atoms with Crippen molar-refractivity contribution in [2.75, 3.05) is 6.61 Å². The van der Waals surface area contributed by atoms with Crippen molar-refractivity contribution in [3.8, 4) is 0 Å². The van der Waals surface area contributed by atoms with Crippen molar-refractivity contribution in [2.45, 2.75) is 33.7 Å². The Hall–Kier alpha value is -1.75. The Bertz CT molecular complexity index is 610. The molecule has 0 fully saturated rings. The fraction of sp³-hybridized carbons (Fsp3) is 0.438. The Kier molecular flexibility index (Phi) is 4.73. The van der Waals surface area contributed by atoms with Crippen LogP contribution in [0, 0.1) is 19.8 Å². The molecule has 2 atom stereocenters. The lowest BCUT2D eigenvalue weighted by Crippen LogP contribution is -2.44. The Morgan fingerprint density at radius 1 is 1.38 bits per heavy atom. The molecule has 1 aromatic rings. The molecule has 2 unspecified atom stereocenters. The number of nitrogens with zero attached hydrogens (tertiary/aromatic N) is 1. The minimum atomic E-state index is -0.446. The van der Waals surface area contributed by atoms with Crippen molar-refractivity contribution in [3.05, 3.63) is 34.9 Å². The number of thiocarbonyl (C=S) groups is 1. The molecule has 1 aliphatic rings. The van der Waals surface area contributed by atoms with Crippen molar-refractivity contribution in [1.29, 1.82) is 0 Å². The molecule has 21 heavy (non-hydrogen) atoms. The van der Waals surface area contributed by atoms with Crippen LogP contribution in [-0.4, -0.2) is 23.4 Å². The molecule has 5 heteroatoms. The summed E-state index contributed by atoms with van der Waals surface area (Å²) >= 11 is 5.18. The molecule has 4 nitrogen and oxygen atoms in total. The first-order chi connectivity index (χ1) is 9.93. The predicted molar refractivity (Wildman–Crippen MR) is 87.6 cm³/mol. The molecule has 1 heterocycles. The summed E-state index contributed by atoms with van der Waals surface area (Å²) in [4.78, 5) is 16.5. The smallest absolute Gasteiger partial charge is 0.317 e. The van der Waals surface area contributed by atoms with Gasteiger partial charge < -0.3 is 10.1 Å². The molecular weight excluding hydrogens is 284 g/mol. The van der Waals surface area contributed by atoms with E-state index < -0.39 is 5.92 Å². The fourth-order valence-electron chi connectivity index (χ4n) is 2.69. The van der Waals surface area contributed by atoms with Crippen molar-refractivity contribution in [3.63, 3.8) is 0 Å². The highest BCUT2D eigenvalue weighted by Gasteiger charge is 2.37. The Balaban J connectivity index is 2.45. The molecule has 0 amide bonds. The summed E-state index contributed by atoms with van der Waals surface area (Å²) in [5.41, 5.74) is 4.06. The van der Waals surface area contributed by atoms with Gasteiger partial charge in [0.25, 0.3) is 0 Å². The summed E-state index contributed by atoms with van der Waals surface area (Å²) in [5, 5.41) is 3.57. The topological polar surface area (TPSA) is 50.7 Å². The standard InChI is InChI=1S/C16H20N2O2S/c1-5-20-15(19)13-11(4)17-16(21)18-14(13)12-7-6-9(2)8-10(12)3/h6-8,13-14H,5H2,1-4H3,(H,18,21). The van der Waals surface area contributed by atoms with Crippen molar-refractivity contribution < 1.29 is 9.53 Å². The minimum absolute atomic E-state index is 0.227. The molecule has 0 radical (unpaired) electrons. The molecule has 0 aliphatic carbocycles. The highest BCUT2D eigenvalue weighted by atomic mass is 32.1. The lowest BCUT2D eigenvalue weighted by molar-refractivity contribution is -0.146. The summed E-state index contributed by atoms with van der Waals surface area (Å²) in [7, 11) is 0. The van der Waals surface area contributed by atoms with E-state index in [-0.39, 0.29) is 12.0 Å². The summed E-state index contributed by atoms with van der Waals surface area (Å²) in [5.74, 6) is -0.711. The number of hydrogen-bond acceptors (Lipinski definition) is 3. The van der Waals surface area contributed by atoms with Gasteiger partial charge in [0.15, 0.2) is 5.11 Å². The van der Waals surface area contributed by atoms with E-state index in [1.54, 1.807) is 6.92 Å². The number of carbonyl (C=O) groups excluding carboxylic acids is 1. The minimum Gasteiger partial charge on any atom is -0.465 e. The number of benzene rings is 1. The van der Waals surface area contributed by atoms with Gasteiger partial charge in [-0.15, -0.1) is 0 Å². The van der Waals surface area contributed by atoms with Gasteiger partial charge in [0.05, 0.1) is 12.6 Å². The molecule has 0 aromatic heterocycles. The van der Waals surface area contributed by atoms with Gasteiger partial charge in [-0.05, 0) is 51.0 Å². The summed E-state index contributed by atoms with van der Waals surface area (Å²) in [6.45, 7) is 8.07. The third kappa shape index (κ3) is 3.29. The number of aliphatic imine (C=N–C) groups is 1. The molecule has 112 valence electrons. The van der Waals surface area contributed by atoms with Crippen molar-refractivity contribution >= 4 is 29.0 Å². The van der Waals surface area contributed by atoms with Crippen LogP contribution < -0.4 is 5.32 Å². The third-order valence-corrected chi connectivity index (χ3v) is 3.85. The van der Waals surface area contributed by atoms with Crippen molar-refractivity contribution in [1.82, 2.24) is 5.32 Å². The lowest BCUT2D eigenvalue weighted by Gasteiger charge is -2.31. The zero-order valence-corrected chi connectivity index (χ0v) is 13.6. The maximum Gasteiger partial charge on any atom is 0.317 e. The van der Waals surface area contributed by atoms with Crippen LogP contribution in [0.3, 0.4) is 0 Å². The SMILES string of the molecule is CCOC(=O)C1C(C)=NC(=S)NC1c1ccc(C)cc1C. The maximum absolute atomic E-state index is 12.3. The second-order valence-corrected chi connectivity index (χ2v) is 5.66. The van der Waals surface area contributed by atoms with Gasteiger partial charge in [0.1, 0.15) is 5.92 Å². The zero-order chi connectivity index (χ0) is 15.6. The van der Waals surface area contributed by atoms with Crippen LogP contribution in [0.1, 0.15) is 36.6 Å². The molecule has 2 rings (SSSR count). The van der Waals surface area contributed by atoms with Crippen LogP contribution in [0.15, 0.2) is 23.2 Å². The van der Waals surface area contributed by atoms with Gasteiger partial charge in [-0.2, -0.15) is 0 Å². The van der Waals surface area contributed by atoms with Gasteiger partial charge in [-0.25, -0.2) is 4.99 Å². The van der Waals surface area contributed by atoms with Crippen LogP contribution in [0.25, 0.3) is 0 Å². The Labute approximate surface area is 130 Å². The van der Waals surface area contributed by atoms with E-state index in [2.05, 4.69) is 16.4 Å². The van der Waals surface area contributed by atoms with E-state index in [0.29, 0.717) is 17.4 Å². The number of carbonyl (C=O) groups is 1. The van der Waals surface area contributed by atoms with Gasteiger partial charge in [-0.3, -0.25) is 4.79 Å². The van der Waals surface area contributed by atoms with E-state index in [9.17, 15) is 4.79 Å². The Morgan fingerprint density at radius 2 is 2.10 bits per heavy atom. The second-order valence-electron chi connectivity index (χ2n) is 5.27. The highest BCUT2D eigenvalue weighted by Crippen LogP contribution is 2.30. The quantitative estimate of drug-likeness (QED) is 0.689. The van der Waals surface area contributed by atoms with Gasteiger partial charge in [0.2, 0.25) is 0 Å². The van der Waals surface area contributed by atoms with Crippen molar-refractivity contribution in [2.24, 2.45) is 10.9 Å². The highest BCUT2D eigenvalue weighted by molar-refractivity contribution is 7.80. The fourth-order valence-corrected chi connectivity index (χ4v) is 2.96. The molecular formula is C16H20N2O2S. The summed E-state index contributed by atoms with van der Waals surface area (Å²) in [6, 6.07) is 5.95. The van der Waals surface area contributed by atoms with E-state index in [0.717, 1.165) is 11.1 Å². The number of ether oxygens (including phenoxy) is 1. The van der Waals surface area contributed by atoms with Crippen LogP contribution in [-0.2, 0) is 9.53 Å². The first-order valence-electron chi connectivity index (χ1n) is 7.03. The first-order valence-corrected chi connectivity index (χ1v) is 7.44. The van der Waals surface area contributed by atoms with Crippen LogP contribution in [0.5, 0.6) is 0 Å². The number of nitrogens with one attached hydrogen (secondary N) is 1. The Morgan fingerprint density at radius 3 is 2.71 bits per heavy atom. The molecule has 0 saturated carbocycles. The summed E-state index contributed by atoms with van der Waals surface area (Å²) in [6.07, 6.45) is 0. The molecule has 1 aliphatic heterocycles. The lowest BCUT2D eigenvalue weighted by atomic mass is 9.86. The normalized spacial score (nSPS) is 21.5.